The summed E-state index contributed by atoms with van der Waals surface area (Å²) in [6.07, 6.45) is 1.80. The number of methoxy groups -OCH3 is 1. The second-order valence-corrected chi connectivity index (χ2v) is 4.86. The Morgan fingerprint density at radius 2 is 2.06 bits per heavy atom. The maximum absolute atomic E-state index is 5.38. The Balaban J connectivity index is 3.18. The summed E-state index contributed by atoms with van der Waals surface area (Å²) in [5, 5.41) is 3.33. The van der Waals surface area contributed by atoms with E-state index in [-0.39, 0.29) is 11.6 Å². The fourth-order valence-corrected chi connectivity index (χ4v) is 1.87. The number of nitrogens with one attached hydrogen (secondary N) is 1. The molecule has 0 aliphatic carbocycles. The Morgan fingerprint density at radius 3 is 2.53 bits per heavy atom. The second kappa shape index (κ2) is 5.47. The standard InChI is InChI=1S/C13H23N3O/c1-13(2,16(4)5)12(14-3)11-10(17-6)8-7-9-15-11/h7-9,12,14H,1-6H3. The van der Waals surface area contributed by atoms with Gasteiger partial charge < -0.3 is 15.0 Å². The van der Waals surface area contributed by atoms with Crippen LogP contribution >= 0.6 is 0 Å². The predicted octanol–water partition coefficient (Wildman–Crippen LogP) is 1.69. The molecule has 1 heterocycles. The molecule has 96 valence electrons. The highest BCUT2D eigenvalue weighted by Crippen LogP contribution is 2.32. The zero-order chi connectivity index (χ0) is 13.1. The number of aromatic nitrogens is 1. The highest BCUT2D eigenvalue weighted by atomic mass is 16.5. The van der Waals surface area contributed by atoms with Gasteiger partial charge in [0.15, 0.2) is 0 Å². The van der Waals surface area contributed by atoms with Gasteiger partial charge in [0.25, 0.3) is 0 Å². The lowest BCUT2D eigenvalue weighted by Crippen LogP contribution is -2.48. The Morgan fingerprint density at radius 1 is 1.41 bits per heavy atom. The van der Waals surface area contributed by atoms with E-state index in [1.165, 1.54) is 0 Å². The van der Waals surface area contributed by atoms with Crippen molar-refractivity contribution in [3.05, 3.63) is 24.0 Å². The first-order chi connectivity index (χ1) is 7.95. The van der Waals surface area contributed by atoms with Crippen LogP contribution in [0.5, 0.6) is 5.75 Å². The van der Waals surface area contributed by atoms with E-state index in [0.717, 1.165) is 11.4 Å². The minimum Gasteiger partial charge on any atom is -0.495 e. The third kappa shape index (κ3) is 2.76. The summed E-state index contributed by atoms with van der Waals surface area (Å²) in [5.74, 6) is 0.821. The van der Waals surface area contributed by atoms with Crippen LogP contribution in [0.15, 0.2) is 18.3 Å². The van der Waals surface area contributed by atoms with Crippen LogP contribution in [0, 0.1) is 0 Å². The number of nitrogens with zero attached hydrogens (tertiary/aromatic N) is 2. The summed E-state index contributed by atoms with van der Waals surface area (Å²) in [5.41, 5.74) is 0.882. The highest BCUT2D eigenvalue weighted by Gasteiger charge is 2.34. The minimum atomic E-state index is -0.0591. The summed E-state index contributed by atoms with van der Waals surface area (Å²) in [7, 11) is 7.76. The number of rotatable bonds is 5. The van der Waals surface area contributed by atoms with Crippen molar-refractivity contribution in [1.29, 1.82) is 0 Å². The summed E-state index contributed by atoms with van der Waals surface area (Å²) in [6, 6.07) is 3.93. The molecule has 0 aliphatic heterocycles. The van der Waals surface area contributed by atoms with E-state index in [1.807, 2.05) is 19.2 Å². The molecule has 4 heteroatoms. The van der Waals surface area contributed by atoms with Gasteiger partial charge in [-0.05, 0) is 47.1 Å². The maximum atomic E-state index is 5.38. The lowest BCUT2D eigenvalue weighted by molar-refractivity contribution is 0.138. The van der Waals surface area contributed by atoms with E-state index in [9.17, 15) is 0 Å². The number of likely N-dealkylation sites (N-methyl/N-ethyl adjacent to an activating group) is 2. The third-order valence-electron chi connectivity index (χ3n) is 3.44. The average molecular weight is 237 g/mol. The summed E-state index contributed by atoms with van der Waals surface area (Å²) in [6.45, 7) is 4.37. The number of ether oxygens (including phenoxy) is 1. The molecule has 0 aromatic carbocycles. The van der Waals surface area contributed by atoms with Crippen LogP contribution < -0.4 is 10.1 Å². The van der Waals surface area contributed by atoms with Gasteiger partial charge in [0.05, 0.1) is 13.2 Å². The van der Waals surface area contributed by atoms with E-state index in [0.29, 0.717) is 0 Å². The fraction of sp³-hybridized carbons (Fsp3) is 0.615. The topological polar surface area (TPSA) is 37.4 Å². The van der Waals surface area contributed by atoms with Crippen LogP contribution in [0.4, 0.5) is 0 Å². The van der Waals surface area contributed by atoms with Crippen LogP contribution in [0.2, 0.25) is 0 Å². The van der Waals surface area contributed by atoms with Gasteiger partial charge in [-0.15, -0.1) is 0 Å². The number of pyridine rings is 1. The molecular weight excluding hydrogens is 214 g/mol. The Kier molecular flexibility index (Phi) is 4.48. The van der Waals surface area contributed by atoms with Gasteiger partial charge >= 0.3 is 0 Å². The van der Waals surface area contributed by atoms with Gasteiger partial charge in [-0.3, -0.25) is 4.98 Å². The molecule has 4 nitrogen and oxygen atoms in total. The molecule has 17 heavy (non-hydrogen) atoms. The zero-order valence-electron chi connectivity index (χ0n) is 11.6. The average Bonchev–Trinajstić information content (AvgIpc) is 2.30. The molecule has 0 bridgehead atoms. The van der Waals surface area contributed by atoms with Crippen molar-refractivity contribution in [3.8, 4) is 5.75 Å². The van der Waals surface area contributed by atoms with Gasteiger partial charge in [-0.1, -0.05) is 0 Å². The van der Waals surface area contributed by atoms with Crippen LogP contribution in [-0.2, 0) is 0 Å². The second-order valence-electron chi connectivity index (χ2n) is 4.86. The molecule has 0 saturated carbocycles. The molecule has 0 aliphatic rings. The Labute approximate surface area is 104 Å². The fourth-order valence-electron chi connectivity index (χ4n) is 1.87. The van der Waals surface area contributed by atoms with E-state index in [2.05, 4.69) is 43.1 Å². The lowest BCUT2D eigenvalue weighted by atomic mass is 9.90. The molecule has 0 fully saturated rings. The van der Waals surface area contributed by atoms with Crippen molar-refractivity contribution >= 4 is 0 Å². The third-order valence-corrected chi connectivity index (χ3v) is 3.44. The summed E-state index contributed by atoms with van der Waals surface area (Å²) in [4.78, 5) is 6.64. The highest BCUT2D eigenvalue weighted by molar-refractivity contribution is 5.31. The molecule has 1 unspecified atom stereocenters. The molecule has 1 aromatic heterocycles. The first kappa shape index (κ1) is 13.9. The molecule has 1 rings (SSSR count). The van der Waals surface area contributed by atoms with Gasteiger partial charge in [0, 0.05) is 11.7 Å². The van der Waals surface area contributed by atoms with E-state index < -0.39 is 0 Å². The van der Waals surface area contributed by atoms with E-state index in [1.54, 1.807) is 13.3 Å². The SMILES string of the molecule is CNC(c1ncccc1OC)C(C)(C)N(C)C. The summed E-state index contributed by atoms with van der Waals surface area (Å²) < 4.78 is 5.38. The van der Waals surface area contributed by atoms with Crippen molar-refractivity contribution in [1.82, 2.24) is 15.2 Å². The molecule has 1 N–H and O–H groups in total. The number of hydrogen-bond donors (Lipinski definition) is 1. The van der Waals surface area contributed by atoms with Crippen molar-refractivity contribution in [2.75, 3.05) is 28.3 Å². The van der Waals surface area contributed by atoms with E-state index in [4.69, 9.17) is 4.74 Å². The van der Waals surface area contributed by atoms with Crippen LogP contribution in [0.25, 0.3) is 0 Å². The molecule has 1 atom stereocenters. The quantitative estimate of drug-likeness (QED) is 0.845. The Bertz CT molecular complexity index is 363. The monoisotopic (exact) mass is 237 g/mol. The predicted molar refractivity (Wildman–Crippen MR) is 70.4 cm³/mol. The van der Waals surface area contributed by atoms with Gasteiger partial charge in [-0.25, -0.2) is 0 Å². The molecule has 1 aromatic rings. The lowest BCUT2D eigenvalue weighted by Gasteiger charge is -2.40. The van der Waals surface area contributed by atoms with Crippen LogP contribution in [-0.4, -0.2) is 43.7 Å². The van der Waals surface area contributed by atoms with E-state index >= 15 is 0 Å². The minimum absolute atomic E-state index is 0.0591. The van der Waals surface area contributed by atoms with Gasteiger partial charge in [0.2, 0.25) is 0 Å². The molecule has 0 radical (unpaired) electrons. The normalized spacial score (nSPS) is 13.8. The van der Waals surface area contributed by atoms with Crippen molar-refractivity contribution < 1.29 is 4.74 Å². The van der Waals surface area contributed by atoms with Crippen LogP contribution in [0.3, 0.4) is 0 Å². The Hall–Kier alpha value is -1.13. The molecular formula is C13H23N3O. The first-order valence-corrected chi connectivity index (χ1v) is 5.78. The smallest absolute Gasteiger partial charge is 0.142 e. The van der Waals surface area contributed by atoms with Gasteiger partial charge in [-0.2, -0.15) is 0 Å². The van der Waals surface area contributed by atoms with Crippen molar-refractivity contribution in [2.45, 2.75) is 25.4 Å². The largest absolute Gasteiger partial charge is 0.495 e. The number of hydrogen-bond acceptors (Lipinski definition) is 4. The maximum Gasteiger partial charge on any atom is 0.142 e. The molecule has 0 saturated heterocycles. The van der Waals surface area contributed by atoms with Gasteiger partial charge in [0.1, 0.15) is 11.4 Å². The zero-order valence-corrected chi connectivity index (χ0v) is 11.6. The van der Waals surface area contributed by atoms with Crippen LogP contribution in [0.1, 0.15) is 25.6 Å². The van der Waals surface area contributed by atoms with Crippen molar-refractivity contribution in [2.24, 2.45) is 0 Å². The summed E-state index contributed by atoms with van der Waals surface area (Å²) >= 11 is 0. The molecule has 0 amide bonds. The first-order valence-electron chi connectivity index (χ1n) is 5.78. The van der Waals surface area contributed by atoms with Crippen molar-refractivity contribution in [3.63, 3.8) is 0 Å². The molecule has 0 spiro atoms.